The summed E-state index contributed by atoms with van der Waals surface area (Å²) in [5.74, 6) is 0.713. The zero-order valence-electron chi connectivity index (χ0n) is 14.7. The van der Waals surface area contributed by atoms with Gasteiger partial charge in [0.15, 0.2) is 0 Å². The van der Waals surface area contributed by atoms with Crippen molar-refractivity contribution in [3.05, 3.63) is 54.1 Å². The molecule has 2 aromatic rings. The fourth-order valence-corrected chi connectivity index (χ4v) is 4.50. The van der Waals surface area contributed by atoms with E-state index in [9.17, 15) is 4.79 Å². The van der Waals surface area contributed by atoms with Crippen molar-refractivity contribution in [1.29, 1.82) is 0 Å². The third-order valence-electron chi connectivity index (χ3n) is 5.90. The second kappa shape index (κ2) is 6.64. The fraction of sp³-hybridized carbons (Fsp3) is 0.500. The molecule has 5 nitrogen and oxygen atoms in total. The summed E-state index contributed by atoms with van der Waals surface area (Å²) in [7, 11) is 1.93. The number of aryl methyl sites for hydroxylation is 1. The van der Waals surface area contributed by atoms with Crippen LogP contribution >= 0.6 is 0 Å². The first-order chi connectivity index (χ1) is 12.2. The van der Waals surface area contributed by atoms with Gasteiger partial charge in [0.2, 0.25) is 0 Å². The molecule has 0 N–H and O–H groups in total. The molecule has 2 aromatic heterocycles. The lowest BCUT2D eigenvalue weighted by Crippen LogP contribution is -2.35. The van der Waals surface area contributed by atoms with Gasteiger partial charge in [-0.15, -0.1) is 0 Å². The monoisotopic (exact) mass is 339 g/mol. The molecule has 2 fully saturated rings. The van der Waals surface area contributed by atoms with Gasteiger partial charge < -0.3 is 14.2 Å². The lowest BCUT2D eigenvalue weighted by molar-refractivity contribution is 0.0264. The van der Waals surface area contributed by atoms with Crippen LogP contribution in [0.15, 0.2) is 42.9 Å². The van der Waals surface area contributed by atoms with Crippen molar-refractivity contribution < 1.29 is 9.53 Å². The third-order valence-corrected chi connectivity index (χ3v) is 5.90. The first-order valence-electron chi connectivity index (χ1n) is 9.05. The molecule has 3 heterocycles. The first-order valence-corrected chi connectivity index (χ1v) is 9.05. The molecular formula is C20H25N3O2. The number of likely N-dealkylation sites (tertiary alicyclic amines) is 1. The minimum atomic E-state index is 0.133. The van der Waals surface area contributed by atoms with Crippen molar-refractivity contribution in [2.24, 2.45) is 18.4 Å². The first kappa shape index (κ1) is 16.3. The Bertz CT molecular complexity index is 742. The maximum Gasteiger partial charge on any atom is 0.270 e. The van der Waals surface area contributed by atoms with Crippen LogP contribution in [0.1, 0.15) is 35.3 Å². The highest BCUT2D eigenvalue weighted by Gasteiger charge is 2.50. The van der Waals surface area contributed by atoms with Gasteiger partial charge in [-0.3, -0.25) is 9.78 Å². The molecule has 1 saturated carbocycles. The van der Waals surface area contributed by atoms with E-state index in [4.69, 9.17) is 4.74 Å². The molecule has 0 radical (unpaired) electrons. The standard InChI is InChI=1S/C20H25N3O2/c1-22-11-3-5-18(22)19(24)23-12-17-4-2-8-20(17,14-23)15-25-13-16-6-9-21-10-7-16/h3,5-7,9-11,17H,2,4,8,12-15H2,1H3/t17-,20+/m1/s1. The Balaban J connectivity index is 1.42. The Labute approximate surface area is 148 Å². The number of carbonyl (C=O) groups excluding carboxylic acids is 1. The van der Waals surface area contributed by atoms with E-state index in [1.807, 2.05) is 47.0 Å². The van der Waals surface area contributed by atoms with Crippen LogP contribution in [0, 0.1) is 11.3 Å². The summed E-state index contributed by atoms with van der Waals surface area (Å²) in [6, 6.07) is 7.81. The van der Waals surface area contributed by atoms with Crippen LogP contribution in [0.25, 0.3) is 0 Å². The third kappa shape index (κ3) is 3.09. The minimum Gasteiger partial charge on any atom is -0.376 e. The highest BCUT2D eigenvalue weighted by molar-refractivity contribution is 5.93. The fourth-order valence-electron chi connectivity index (χ4n) is 4.50. The van der Waals surface area contributed by atoms with Crippen LogP contribution in [0.2, 0.25) is 0 Å². The normalized spacial score (nSPS) is 25.3. The zero-order chi connectivity index (χ0) is 17.3. The number of hydrogen-bond acceptors (Lipinski definition) is 3. The largest absolute Gasteiger partial charge is 0.376 e. The second-order valence-electron chi connectivity index (χ2n) is 7.49. The molecule has 132 valence electrons. The van der Waals surface area contributed by atoms with Crippen molar-refractivity contribution in [3.63, 3.8) is 0 Å². The highest BCUT2D eigenvalue weighted by atomic mass is 16.5. The van der Waals surface area contributed by atoms with Gasteiger partial charge in [0.05, 0.1) is 13.2 Å². The van der Waals surface area contributed by atoms with Gasteiger partial charge in [0.1, 0.15) is 5.69 Å². The molecule has 4 rings (SSSR count). The number of aromatic nitrogens is 2. The van der Waals surface area contributed by atoms with Crippen molar-refractivity contribution in [3.8, 4) is 0 Å². The van der Waals surface area contributed by atoms with Gasteiger partial charge in [0.25, 0.3) is 5.91 Å². The lowest BCUT2D eigenvalue weighted by atomic mass is 9.81. The molecule has 2 atom stereocenters. The van der Waals surface area contributed by atoms with E-state index >= 15 is 0 Å². The van der Waals surface area contributed by atoms with Crippen LogP contribution in [0.3, 0.4) is 0 Å². The summed E-state index contributed by atoms with van der Waals surface area (Å²) < 4.78 is 7.99. The van der Waals surface area contributed by atoms with E-state index in [2.05, 4.69) is 4.98 Å². The summed E-state index contributed by atoms with van der Waals surface area (Å²) in [5, 5.41) is 0. The maximum atomic E-state index is 12.9. The van der Waals surface area contributed by atoms with E-state index < -0.39 is 0 Å². The Morgan fingerprint density at radius 3 is 2.96 bits per heavy atom. The number of hydrogen-bond donors (Lipinski definition) is 0. The van der Waals surface area contributed by atoms with Crippen molar-refractivity contribution in [2.45, 2.75) is 25.9 Å². The predicted molar refractivity (Wildman–Crippen MR) is 95.0 cm³/mol. The molecular weight excluding hydrogens is 314 g/mol. The Hall–Kier alpha value is -2.14. The molecule has 2 aliphatic rings. The van der Waals surface area contributed by atoms with Gasteiger partial charge >= 0.3 is 0 Å². The number of amides is 1. The number of ether oxygens (including phenoxy) is 1. The highest BCUT2D eigenvalue weighted by Crippen LogP contribution is 2.49. The van der Waals surface area contributed by atoms with Crippen molar-refractivity contribution in [1.82, 2.24) is 14.5 Å². The van der Waals surface area contributed by atoms with E-state index in [0.29, 0.717) is 12.5 Å². The smallest absolute Gasteiger partial charge is 0.270 e. The van der Waals surface area contributed by atoms with E-state index in [1.54, 1.807) is 12.4 Å². The van der Waals surface area contributed by atoms with Crippen LogP contribution in [0.5, 0.6) is 0 Å². The van der Waals surface area contributed by atoms with Crippen molar-refractivity contribution >= 4 is 5.91 Å². The number of nitrogens with zero attached hydrogens (tertiary/aromatic N) is 3. The lowest BCUT2D eigenvalue weighted by Gasteiger charge is -2.28. The Morgan fingerprint density at radius 1 is 1.36 bits per heavy atom. The zero-order valence-corrected chi connectivity index (χ0v) is 14.7. The number of pyridine rings is 1. The van der Waals surface area contributed by atoms with Gasteiger partial charge in [-0.1, -0.05) is 6.42 Å². The summed E-state index contributed by atoms with van der Waals surface area (Å²) >= 11 is 0. The van der Waals surface area contributed by atoms with Crippen LogP contribution < -0.4 is 0 Å². The molecule has 0 unspecified atom stereocenters. The SMILES string of the molecule is Cn1cccc1C(=O)N1C[C@H]2CCC[C@@]2(COCc2ccncc2)C1. The van der Waals surface area contributed by atoms with E-state index in [-0.39, 0.29) is 11.3 Å². The maximum absolute atomic E-state index is 12.9. The predicted octanol–water partition coefficient (Wildman–Crippen LogP) is 2.88. The molecule has 1 saturated heterocycles. The topological polar surface area (TPSA) is 47.4 Å². The number of rotatable bonds is 5. The van der Waals surface area contributed by atoms with Crippen molar-refractivity contribution in [2.75, 3.05) is 19.7 Å². The Morgan fingerprint density at radius 2 is 2.20 bits per heavy atom. The molecule has 1 amide bonds. The van der Waals surface area contributed by atoms with Crippen LogP contribution in [0.4, 0.5) is 0 Å². The molecule has 25 heavy (non-hydrogen) atoms. The molecule has 5 heteroatoms. The summed E-state index contributed by atoms with van der Waals surface area (Å²) in [4.78, 5) is 18.9. The molecule has 1 aliphatic heterocycles. The quantitative estimate of drug-likeness (QED) is 0.841. The van der Waals surface area contributed by atoms with E-state index in [1.165, 1.54) is 12.8 Å². The summed E-state index contributed by atoms with van der Waals surface area (Å²) in [6.45, 7) is 3.03. The van der Waals surface area contributed by atoms with Gasteiger partial charge in [-0.2, -0.15) is 0 Å². The second-order valence-corrected chi connectivity index (χ2v) is 7.49. The summed E-state index contributed by atoms with van der Waals surface area (Å²) in [6.07, 6.45) is 9.13. The van der Waals surface area contributed by atoms with Crippen LogP contribution in [-0.2, 0) is 18.4 Å². The molecule has 0 aromatic carbocycles. The van der Waals surface area contributed by atoms with E-state index in [0.717, 1.165) is 37.4 Å². The molecule has 0 spiro atoms. The van der Waals surface area contributed by atoms with Gasteiger partial charge in [-0.25, -0.2) is 0 Å². The average Bonchev–Trinajstić information content (AvgIpc) is 3.29. The molecule has 1 aliphatic carbocycles. The number of fused-ring (bicyclic) bond motifs is 1. The summed E-state index contributed by atoms with van der Waals surface area (Å²) in [5.41, 5.74) is 2.05. The number of carbonyl (C=O) groups is 1. The minimum absolute atomic E-state index is 0.133. The Kier molecular flexibility index (Phi) is 4.34. The molecule has 0 bridgehead atoms. The van der Waals surface area contributed by atoms with Crippen LogP contribution in [-0.4, -0.2) is 40.1 Å². The van der Waals surface area contributed by atoms with Gasteiger partial charge in [0, 0.05) is 44.1 Å². The average molecular weight is 339 g/mol. The van der Waals surface area contributed by atoms with Gasteiger partial charge in [-0.05, 0) is 48.6 Å².